The molecular formula is C11H17BrN4OSSi. The van der Waals surface area contributed by atoms with Gasteiger partial charge in [0, 0.05) is 14.7 Å². The summed E-state index contributed by atoms with van der Waals surface area (Å²) in [6.45, 7) is 8.12. The van der Waals surface area contributed by atoms with Crippen molar-refractivity contribution in [3.05, 3.63) is 15.9 Å². The molecule has 0 aliphatic heterocycles. The molecule has 0 spiro atoms. The van der Waals surface area contributed by atoms with Crippen LogP contribution >= 0.6 is 27.3 Å². The van der Waals surface area contributed by atoms with Crippen LogP contribution in [-0.2, 0) is 11.5 Å². The lowest BCUT2D eigenvalue weighted by molar-refractivity contribution is 0.0674. The van der Waals surface area contributed by atoms with Gasteiger partial charge in [-0.05, 0) is 39.3 Å². The Balaban J connectivity index is 1.85. The number of tetrazole rings is 1. The van der Waals surface area contributed by atoms with E-state index in [0.29, 0.717) is 12.6 Å². The fourth-order valence-electron chi connectivity index (χ4n) is 1.36. The first-order chi connectivity index (χ1) is 8.94. The van der Waals surface area contributed by atoms with Crippen molar-refractivity contribution in [2.75, 3.05) is 6.61 Å². The monoisotopic (exact) mass is 360 g/mol. The average Bonchev–Trinajstić information content (AvgIpc) is 2.92. The first kappa shape index (κ1) is 14.8. The van der Waals surface area contributed by atoms with Crippen molar-refractivity contribution in [3.8, 4) is 10.7 Å². The molecule has 0 fully saturated rings. The van der Waals surface area contributed by atoms with Crippen molar-refractivity contribution in [2.24, 2.45) is 0 Å². The van der Waals surface area contributed by atoms with Gasteiger partial charge in [0.15, 0.2) is 6.73 Å². The van der Waals surface area contributed by atoms with Gasteiger partial charge in [0.25, 0.3) is 0 Å². The van der Waals surface area contributed by atoms with E-state index in [1.165, 1.54) is 4.80 Å². The van der Waals surface area contributed by atoms with E-state index in [1.54, 1.807) is 11.3 Å². The Kier molecular flexibility index (Phi) is 4.88. The zero-order valence-corrected chi connectivity index (χ0v) is 14.7. The van der Waals surface area contributed by atoms with E-state index in [0.717, 1.165) is 21.3 Å². The molecule has 0 unspecified atom stereocenters. The second-order valence-corrected chi connectivity index (χ2v) is 13.5. The first-order valence-corrected chi connectivity index (χ1v) is 11.4. The van der Waals surface area contributed by atoms with Crippen LogP contribution < -0.4 is 0 Å². The minimum Gasteiger partial charge on any atom is -0.358 e. The van der Waals surface area contributed by atoms with Crippen molar-refractivity contribution in [1.82, 2.24) is 20.2 Å². The minimum atomic E-state index is -1.03. The molecule has 0 atom stereocenters. The molecule has 0 radical (unpaired) electrons. The van der Waals surface area contributed by atoms with E-state index in [4.69, 9.17) is 4.74 Å². The van der Waals surface area contributed by atoms with E-state index < -0.39 is 8.07 Å². The van der Waals surface area contributed by atoms with E-state index >= 15 is 0 Å². The zero-order chi connectivity index (χ0) is 13.9. The third-order valence-corrected chi connectivity index (χ3v) is 5.77. The Morgan fingerprint density at radius 3 is 2.79 bits per heavy atom. The average molecular weight is 361 g/mol. The molecule has 0 saturated carbocycles. The highest BCUT2D eigenvalue weighted by molar-refractivity contribution is 9.11. The summed E-state index contributed by atoms with van der Waals surface area (Å²) >= 11 is 5.01. The summed E-state index contributed by atoms with van der Waals surface area (Å²) in [5.74, 6) is 0.643. The van der Waals surface area contributed by atoms with Gasteiger partial charge in [-0.15, -0.1) is 26.3 Å². The highest BCUT2D eigenvalue weighted by Crippen LogP contribution is 2.28. The summed E-state index contributed by atoms with van der Waals surface area (Å²) in [6.07, 6.45) is 0. The summed E-state index contributed by atoms with van der Waals surface area (Å²) in [6, 6.07) is 5.10. The van der Waals surface area contributed by atoms with Crippen molar-refractivity contribution in [2.45, 2.75) is 32.4 Å². The standard InChI is InChI=1S/C11H17BrN4OSSi/c1-19(2,3)7-6-17-8-16-14-11(13-15-16)9-4-5-10(12)18-9/h4-5H,6-8H2,1-3H3. The van der Waals surface area contributed by atoms with E-state index in [9.17, 15) is 0 Å². The maximum atomic E-state index is 5.58. The molecule has 8 heteroatoms. The Labute approximate surface area is 126 Å². The van der Waals surface area contributed by atoms with Gasteiger partial charge >= 0.3 is 0 Å². The van der Waals surface area contributed by atoms with Gasteiger partial charge in [0.1, 0.15) is 0 Å². The molecule has 0 aromatic carbocycles. The third-order valence-electron chi connectivity index (χ3n) is 2.45. The van der Waals surface area contributed by atoms with Crippen molar-refractivity contribution in [3.63, 3.8) is 0 Å². The summed E-state index contributed by atoms with van der Waals surface area (Å²) in [7, 11) is -1.03. The van der Waals surface area contributed by atoms with Crippen LogP contribution in [0.15, 0.2) is 15.9 Å². The number of hydrogen-bond donors (Lipinski definition) is 0. The van der Waals surface area contributed by atoms with Crippen molar-refractivity contribution < 1.29 is 4.74 Å². The molecule has 0 aliphatic rings. The fraction of sp³-hybridized carbons (Fsp3) is 0.545. The van der Waals surface area contributed by atoms with Crippen LogP contribution in [0.3, 0.4) is 0 Å². The van der Waals surface area contributed by atoms with Gasteiger partial charge in [-0.25, -0.2) is 0 Å². The molecule has 2 rings (SSSR count). The van der Waals surface area contributed by atoms with Crippen LogP contribution in [0.1, 0.15) is 0 Å². The zero-order valence-electron chi connectivity index (χ0n) is 11.3. The number of nitrogens with zero attached hydrogens (tertiary/aromatic N) is 4. The van der Waals surface area contributed by atoms with Gasteiger partial charge in [-0.3, -0.25) is 0 Å². The predicted octanol–water partition coefficient (Wildman–Crippen LogP) is 3.48. The first-order valence-electron chi connectivity index (χ1n) is 6.05. The second kappa shape index (κ2) is 6.25. The molecular weight excluding hydrogens is 344 g/mol. The molecule has 2 aromatic heterocycles. The highest BCUT2D eigenvalue weighted by atomic mass is 79.9. The van der Waals surface area contributed by atoms with Crippen LogP contribution in [0.4, 0.5) is 0 Å². The summed E-state index contributed by atoms with van der Waals surface area (Å²) in [5.41, 5.74) is 0. The SMILES string of the molecule is C[Si](C)(C)CCOCn1nnc(-c2ccc(Br)s2)n1. The lowest BCUT2D eigenvalue weighted by atomic mass is 10.5. The maximum absolute atomic E-state index is 5.58. The quantitative estimate of drug-likeness (QED) is 0.584. The molecule has 0 aliphatic carbocycles. The third kappa shape index (κ3) is 4.79. The smallest absolute Gasteiger partial charge is 0.214 e. The predicted molar refractivity (Wildman–Crippen MR) is 82.9 cm³/mol. The number of aromatic nitrogens is 4. The molecule has 19 heavy (non-hydrogen) atoms. The van der Waals surface area contributed by atoms with Gasteiger partial charge < -0.3 is 4.74 Å². The molecule has 0 bridgehead atoms. The Morgan fingerprint density at radius 1 is 1.37 bits per heavy atom. The Bertz CT molecular complexity index is 537. The second-order valence-electron chi connectivity index (χ2n) is 5.44. The molecule has 0 amide bonds. The van der Waals surface area contributed by atoms with Crippen LogP contribution in [0.25, 0.3) is 10.7 Å². The number of thiophene rings is 1. The van der Waals surface area contributed by atoms with E-state index in [2.05, 4.69) is 51.0 Å². The van der Waals surface area contributed by atoms with Gasteiger partial charge in [-0.1, -0.05) is 19.6 Å². The highest BCUT2D eigenvalue weighted by Gasteiger charge is 2.12. The van der Waals surface area contributed by atoms with Crippen LogP contribution in [-0.4, -0.2) is 34.9 Å². The number of rotatable bonds is 6. The number of halogens is 1. The number of hydrogen-bond acceptors (Lipinski definition) is 5. The maximum Gasteiger partial charge on any atom is 0.214 e. The van der Waals surface area contributed by atoms with Crippen LogP contribution in [0.2, 0.25) is 25.7 Å². The van der Waals surface area contributed by atoms with E-state index in [1.807, 2.05) is 12.1 Å². The van der Waals surface area contributed by atoms with Gasteiger partial charge in [0.2, 0.25) is 5.82 Å². The summed E-state index contributed by atoms with van der Waals surface area (Å²) < 4.78 is 6.64. The topological polar surface area (TPSA) is 52.8 Å². The lowest BCUT2D eigenvalue weighted by Gasteiger charge is -2.14. The molecule has 2 heterocycles. The minimum absolute atomic E-state index is 0.365. The molecule has 2 aromatic rings. The summed E-state index contributed by atoms with van der Waals surface area (Å²) in [5, 5.41) is 12.3. The Morgan fingerprint density at radius 2 is 2.16 bits per heavy atom. The van der Waals surface area contributed by atoms with Crippen LogP contribution in [0.5, 0.6) is 0 Å². The fourth-order valence-corrected chi connectivity index (χ4v) is 3.42. The normalized spacial score (nSPS) is 12.0. The lowest BCUT2D eigenvalue weighted by Crippen LogP contribution is -2.22. The molecule has 5 nitrogen and oxygen atoms in total. The van der Waals surface area contributed by atoms with Crippen molar-refractivity contribution >= 4 is 35.3 Å². The summed E-state index contributed by atoms with van der Waals surface area (Å²) in [4.78, 5) is 2.49. The van der Waals surface area contributed by atoms with E-state index in [-0.39, 0.29) is 0 Å². The van der Waals surface area contributed by atoms with Gasteiger partial charge in [0.05, 0.1) is 8.66 Å². The van der Waals surface area contributed by atoms with Gasteiger partial charge in [-0.2, -0.15) is 0 Å². The molecule has 0 saturated heterocycles. The molecule has 0 N–H and O–H groups in total. The number of ether oxygens (including phenoxy) is 1. The van der Waals surface area contributed by atoms with Crippen molar-refractivity contribution in [1.29, 1.82) is 0 Å². The van der Waals surface area contributed by atoms with Crippen LogP contribution in [0, 0.1) is 0 Å². The molecule has 104 valence electrons. The Hall–Kier alpha value is -0.573. The largest absolute Gasteiger partial charge is 0.358 e.